The van der Waals surface area contributed by atoms with Crippen molar-refractivity contribution in [2.24, 2.45) is 0 Å². The molecule has 1 N–H and O–H groups in total. The Morgan fingerprint density at radius 2 is 1.82 bits per heavy atom. The van der Waals surface area contributed by atoms with Crippen LogP contribution < -0.4 is 10.9 Å². The SMILES string of the molecule is CCc1nnc2c(=O)n(CC(=O)Nc3ccc(Cl)c(Cl)c3)c3ccccc3n12. The largest absolute Gasteiger partial charge is 0.324 e. The van der Waals surface area contributed by atoms with Gasteiger partial charge in [0.2, 0.25) is 11.6 Å². The van der Waals surface area contributed by atoms with Crippen molar-refractivity contribution in [2.45, 2.75) is 19.9 Å². The van der Waals surface area contributed by atoms with Crippen molar-refractivity contribution in [3.05, 3.63) is 68.7 Å². The van der Waals surface area contributed by atoms with Gasteiger partial charge < -0.3 is 5.32 Å². The number of nitrogens with zero attached hydrogens (tertiary/aromatic N) is 4. The molecule has 2 heterocycles. The van der Waals surface area contributed by atoms with Gasteiger partial charge in [0.1, 0.15) is 12.4 Å². The third-order valence-corrected chi connectivity index (χ3v) is 5.14. The molecule has 1 amide bonds. The highest BCUT2D eigenvalue weighted by molar-refractivity contribution is 6.42. The average Bonchev–Trinajstić information content (AvgIpc) is 3.12. The second kappa shape index (κ2) is 7.26. The summed E-state index contributed by atoms with van der Waals surface area (Å²) in [6.45, 7) is 1.77. The number of carbonyl (C=O) groups is 1. The second-order valence-corrected chi connectivity index (χ2v) is 7.00. The molecule has 2 aromatic carbocycles. The van der Waals surface area contributed by atoms with Crippen molar-refractivity contribution in [3.8, 4) is 0 Å². The fraction of sp³-hybridized carbons (Fsp3) is 0.158. The van der Waals surface area contributed by atoms with Crippen LogP contribution in [0.4, 0.5) is 5.69 Å². The fourth-order valence-corrected chi connectivity index (χ4v) is 3.42. The molecule has 0 saturated heterocycles. The Labute approximate surface area is 169 Å². The van der Waals surface area contributed by atoms with Gasteiger partial charge in [-0.3, -0.25) is 18.6 Å². The molecule has 0 aliphatic heterocycles. The van der Waals surface area contributed by atoms with Gasteiger partial charge in [0.05, 0.1) is 21.1 Å². The number of carbonyl (C=O) groups excluding carboxylic acids is 1. The highest BCUT2D eigenvalue weighted by Crippen LogP contribution is 2.25. The number of hydrogen-bond donors (Lipinski definition) is 1. The van der Waals surface area contributed by atoms with Gasteiger partial charge in [-0.25, -0.2) is 0 Å². The molecule has 0 unspecified atom stereocenters. The highest BCUT2D eigenvalue weighted by Gasteiger charge is 2.17. The van der Waals surface area contributed by atoms with Crippen molar-refractivity contribution in [2.75, 3.05) is 5.32 Å². The van der Waals surface area contributed by atoms with Crippen LogP contribution in [0.5, 0.6) is 0 Å². The zero-order chi connectivity index (χ0) is 19.8. The van der Waals surface area contributed by atoms with Gasteiger partial charge in [-0.2, -0.15) is 0 Å². The van der Waals surface area contributed by atoms with Gasteiger partial charge in [-0.1, -0.05) is 42.3 Å². The number of halogens is 2. The first-order valence-corrected chi connectivity index (χ1v) is 9.35. The van der Waals surface area contributed by atoms with Crippen LogP contribution in [0.25, 0.3) is 16.7 Å². The molecule has 0 radical (unpaired) electrons. The molecule has 9 heteroatoms. The Morgan fingerprint density at radius 1 is 1.07 bits per heavy atom. The quantitative estimate of drug-likeness (QED) is 0.552. The molecular weight excluding hydrogens is 401 g/mol. The number of amides is 1. The van der Waals surface area contributed by atoms with E-state index in [-0.39, 0.29) is 23.7 Å². The van der Waals surface area contributed by atoms with Gasteiger partial charge in [0.15, 0.2) is 0 Å². The molecule has 142 valence electrons. The lowest BCUT2D eigenvalue weighted by Gasteiger charge is -2.13. The van der Waals surface area contributed by atoms with Crippen molar-refractivity contribution < 1.29 is 4.79 Å². The normalized spacial score (nSPS) is 11.2. The Kier molecular flexibility index (Phi) is 4.78. The fourth-order valence-electron chi connectivity index (χ4n) is 3.12. The van der Waals surface area contributed by atoms with Crippen LogP contribution in [0, 0.1) is 0 Å². The first-order valence-electron chi connectivity index (χ1n) is 8.60. The number of anilines is 1. The molecule has 4 aromatic rings. The van der Waals surface area contributed by atoms with Crippen LogP contribution >= 0.6 is 23.2 Å². The molecule has 28 heavy (non-hydrogen) atoms. The van der Waals surface area contributed by atoms with E-state index in [4.69, 9.17) is 23.2 Å². The van der Waals surface area contributed by atoms with E-state index in [0.717, 1.165) is 5.52 Å². The van der Waals surface area contributed by atoms with Gasteiger partial charge in [-0.15, -0.1) is 10.2 Å². The lowest BCUT2D eigenvalue weighted by atomic mass is 10.2. The molecule has 0 spiro atoms. The Hall–Kier alpha value is -2.90. The zero-order valence-corrected chi connectivity index (χ0v) is 16.3. The van der Waals surface area contributed by atoms with Crippen LogP contribution in [0.1, 0.15) is 12.7 Å². The first-order chi connectivity index (χ1) is 13.5. The lowest BCUT2D eigenvalue weighted by molar-refractivity contribution is -0.116. The highest BCUT2D eigenvalue weighted by atomic mass is 35.5. The number of hydrogen-bond acceptors (Lipinski definition) is 4. The summed E-state index contributed by atoms with van der Waals surface area (Å²) in [6.07, 6.45) is 0.631. The number of nitrogens with one attached hydrogen (secondary N) is 1. The van der Waals surface area contributed by atoms with E-state index < -0.39 is 0 Å². The maximum absolute atomic E-state index is 13.0. The number of para-hydroxylation sites is 2. The molecule has 0 aliphatic carbocycles. The van der Waals surface area contributed by atoms with E-state index >= 15 is 0 Å². The topological polar surface area (TPSA) is 81.3 Å². The molecule has 0 atom stereocenters. The average molecular weight is 416 g/mol. The van der Waals surface area contributed by atoms with Crippen LogP contribution in [0.3, 0.4) is 0 Å². The number of aromatic nitrogens is 4. The van der Waals surface area contributed by atoms with E-state index in [1.165, 1.54) is 4.57 Å². The molecule has 0 saturated carbocycles. The summed E-state index contributed by atoms with van der Waals surface area (Å²) in [7, 11) is 0. The third kappa shape index (κ3) is 3.12. The summed E-state index contributed by atoms with van der Waals surface area (Å²) in [6, 6.07) is 12.1. The van der Waals surface area contributed by atoms with Crippen LogP contribution in [0.15, 0.2) is 47.3 Å². The molecular formula is C19H15Cl2N5O2. The number of benzene rings is 2. The van der Waals surface area contributed by atoms with E-state index in [1.807, 2.05) is 25.1 Å². The van der Waals surface area contributed by atoms with Crippen molar-refractivity contribution in [1.82, 2.24) is 19.2 Å². The Bertz CT molecular complexity index is 1280. The number of aryl methyl sites for hydroxylation is 1. The molecule has 0 fully saturated rings. The Morgan fingerprint density at radius 3 is 2.54 bits per heavy atom. The summed E-state index contributed by atoms with van der Waals surface area (Å²) < 4.78 is 3.14. The van der Waals surface area contributed by atoms with Crippen molar-refractivity contribution in [3.63, 3.8) is 0 Å². The van der Waals surface area contributed by atoms with Gasteiger partial charge in [0.25, 0.3) is 5.56 Å². The van der Waals surface area contributed by atoms with Gasteiger partial charge >= 0.3 is 0 Å². The van der Waals surface area contributed by atoms with Crippen LogP contribution in [-0.4, -0.2) is 25.1 Å². The molecule has 0 aliphatic rings. The monoisotopic (exact) mass is 415 g/mol. The summed E-state index contributed by atoms with van der Waals surface area (Å²) in [5, 5.41) is 11.6. The van der Waals surface area contributed by atoms with Gasteiger partial charge in [0, 0.05) is 12.1 Å². The second-order valence-electron chi connectivity index (χ2n) is 6.19. The minimum absolute atomic E-state index is 0.176. The van der Waals surface area contributed by atoms with Crippen LogP contribution in [0.2, 0.25) is 10.0 Å². The lowest BCUT2D eigenvalue weighted by Crippen LogP contribution is -2.29. The minimum atomic E-state index is -0.379. The summed E-state index contributed by atoms with van der Waals surface area (Å²) >= 11 is 11.9. The van der Waals surface area contributed by atoms with E-state index in [1.54, 1.807) is 28.7 Å². The first kappa shape index (κ1) is 18.5. The third-order valence-electron chi connectivity index (χ3n) is 4.40. The smallest absolute Gasteiger partial charge is 0.297 e. The van der Waals surface area contributed by atoms with Crippen molar-refractivity contribution in [1.29, 1.82) is 0 Å². The standard InChI is InChI=1S/C19H15Cl2N5O2/c1-2-16-23-24-18-19(28)25(14-5-3-4-6-15(14)26(16)18)10-17(27)22-11-7-8-12(20)13(21)9-11/h3-9H,2,10H2,1H3,(H,22,27). The zero-order valence-electron chi connectivity index (χ0n) is 14.8. The van der Waals surface area contributed by atoms with E-state index in [9.17, 15) is 9.59 Å². The molecule has 4 rings (SSSR count). The minimum Gasteiger partial charge on any atom is -0.324 e. The van der Waals surface area contributed by atoms with E-state index in [2.05, 4.69) is 15.5 Å². The molecule has 0 bridgehead atoms. The maximum atomic E-state index is 13.0. The van der Waals surface area contributed by atoms with Crippen LogP contribution in [-0.2, 0) is 17.8 Å². The molecule has 7 nitrogen and oxygen atoms in total. The Balaban J connectivity index is 1.77. The van der Waals surface area contributed by atoms with E-state index in [0.29, 0.717) is 33.5 Å². The summed E-state index contributed by atoms with van der Waals surface area (Å²) in [4.78, 5) is 25.6. The van der Waals surface area contributed by atoms with Gasteiger partial charge in [-0.05, 0) is 30.3 Å². The number of rotatable bonds is 4. The maximum Gasteiger partial charge on any atom is 0.297 e. The molecule has 2 aromatic heterocycles. The number of fused-ring (bicyclic) bond motifs is 3. The predicted molar refractivity (Wildman–Crippen MR) is 109 cm³/mol. The van der Waals surface area contributed by atoms with Crippen molar-refractivity contribution >= 4 is 51.5 Å². The predicted octanol–water partition coefficient (Wildman–Crippen LogP) is 3.55. The summed E-state index contributed by atoms with van der Waals surface area (Å²) in [5.41, 5.74) is 1.70. The summed E-state index contributed by atoms with van der Waals surface area (Å²) in [5.74, 6) is 0.320.